The fourth-order valence-corrected chi connectivity index (χ4v) is 4.17. The van der Waals surface area contributed by atoms with E-state index in [4.69, 9.17) is 0 Å². The highest BCUT2D eigenvalue weighted by Crippen LogP contribution is 2.44. The Labute approximate surface area is 170 Å². The number of rotatable bonds is 5. The second kappa shape index (κ2) is 7.70. The van der Waals surface area contributed by atoms with Crippen LogP contribution in [0.3, 0.4) is 0 Å². The second-order valence-corrected chi connectivity index (χ2v) is 8.98. The van der Waals surface area contributed by atoms with Crippen molar-refractivity contribution in [2.45, 2.75) is 17.9 Å². The van der Waals surface area contributed by atoms with Crippen LogP contribution in [0, 0.1) is 18.3 Å². The highest BCUT2D eigenvalue weighted by Gasteiger charge is 2.41. The number of hydrazine groups is 1. The molecule has 7 nitrogen and oxygen atoms in total. The first-order valence-corrected chi connectivity index (χ1v) is 10.8. The van der Waals surface area contributed by atoms with E-state index in [0.717, 1.165) is 22.9 Å². The molecule has 0 spiro atoms. The number of carbonyl (C=O) groups is 1. The zero-order valence-electron chi connectivity index (χ0n) is 16.3. The summed E-state index contributed by atoms with van der Waals surface area (Å²) < 4.78 is 23.6. The minimum Gasteiger partial charge on any atom is -0.477 e. The molecule has 0 radical (unpaired) electrons. The third-order valence-corrected chi connectivity index (χ3v) is 6.08. The largest absolute Gasteiger partial charge is 0.477 e. The van der Waals surface area contributed by atoms with Crippen molar-refractivity contribution in [3.63, 3.8) is 0 Å². The van der Waals surface area contributed by atoms with Gasteiger partial charge in [0.15, 0.2) is 9.84 Å². The summed E-state index contributed by atoms with van der Waals surface area (Å²) in [6.45, 7) is 1.83. The summed E-state index contributed by atoms with van der Waals surface area (Å²) in [5, 5.41) is 22.3. The predicted octanol–water partition coefficient (Wildman–Crippen LogP) is 2.62. The van der Waals surface area contributed by atoms with Gasteiger partial charge in [-0.25, -0.2) is 18.2 Å². The Morgan fingerprint density at radius 3 is 2.21 bits per heavy atom. The Bertz CT molecular complexity index is 1110. The molecule has 29 heavy (non-hydrogen) atoms. The van der Waals surface area contributed by atoms with Gasteiger partial charge >= 0.3 is 5.97 Å². The zero-order chi connectivity index (χ0) is 21.3. The molecular weight excluding hydrogens is 390 g/mol. The number of hydrogen-bond donors (Lipinski definition) is 1. The number of nitriles is 1. The standard InChI is InChI=1S/C21H21N3O4S/c1-14-4-6-15(7-5-14)18-19(16-8-10-17(11-9-16)29(3,27)28)23(2)24(13-12-22)20(18)21(25)26/h4-11,19H,13H2,1-3H3,(H,25,26). The Kier molecular flexibility index (Phi) is 5.46. The smallest absolute Gasteiger partial charge is 0.353 e. The monoisotopic (exact) mass is 411 g/mol. The minimum absolute atomic E-state index is 0.0371. The van der Waals surface area contributed by atoms with Gasteiger partial charge in [-0.15, -0.1) is 0 Å². The quantitative estimate of drug-likeness (QED) is 0.755. The van der Waals surface area contributed by atoms with Crippen molar-refractivity contribution < 1.29 is 18.3 Å². The third-order valence-electron chi connectivity index (χ3n) is 4.95. The maximum Gasteiger partial charge on any atom is 0.353 e. The van der Waals surface area contributed by atoms with E-state index < -0.39 is 21.8 Å². The molecule has 0 amide bonds. The molecule has 8 heteroatoms. The van der Waals surface area contributed by atoms with Gasteiger partial charge in [-0.2, -0.15) is 5.26 Å². The fourth-order valence-electron chi connectivity index (χ4n) is 3.54. The number of hydrogen-bond acceptors (Lipinski definition) is 6. The first kappa shape index (κ1) is 20.6. The van der Waals surface area contributed by atoms with Crippen LogP contribution in [-0.2, 0) is 14.6 Å². The lowest BCUT2D eigenvalue weighted by molar-refractivity contribution is -0.136. The summed E-state index contributed by atoms with van der Waals surface area (Å²) in [6.07, 6.45) is 1.14. The molecule has 3 rings (SSSR count). The average Bonchev–Trinajstić information content (AvgIpc) is 2.95. The number of likely N-dealkylation sites (N-methyl/N-ethyl adjacent to an activating group) is 1. The summed E-state index contributed by atoms with van der Waals surface area (Å²) in [6, 6.07) is 15.4. The highest BCUT2D eigenvalue weighted by atomic mass is 32.2. The SMILES string of the molecule is Cc1ccc(C2=C(C(=O)O)N(CC#N)N(C)C2c2ccc(S(C)(=O)=O)cc2)cc1. The van der Waals surface area contributed by atoms with Gasteiger partial charge in [0.2, 0.25) is 0 Å². The van der Waals surface area contributed by atoms with Gasteiger partial charge in [-0.1, -0.05) is 42.0 Å². The normalized spacial score (nSPS) is 17.4. The predicted molar refractivity (Wildman–Crippen MR) is 108 cm³/mol. The Morgan fingerprint density at radius 1 is 1.14 bits per heavy atom. The molecule has 2 aromatic rings. The molecule has 0 saturated carbocycles. The van der Waals surface area contributed by atoms with Gasteiger partial charge in [-0.3, -0.25) is 5.01 Å². The molecule has 0 aromatic heterocycles. The van der Waals surface area contributed by atoms with Crippen LogP contribution < -0.4 is 0 Å². The number of nitrogens with zero attached hydrogens (tertiary/aromatic N) is 3. The highest BCUT2D eigenvalue weighted by molar-refractivity contribution is 7.90. The molecule has 1 heterocycles. The molecule has 1 unspecified atom stereocenters. The summed E-state index contributed by atoms with van der Waals surface area (Å²) in [4.78, 5) is 12.3. The Hall–Kier alpha value is -3.15. The molecular formula is C21H21N3O4S. The number of carboxylic acid groups (broad SMARTS) is 1. The maximum atomic E-state index is 12.1. The van der Waals surface area contributed by atoms with E-state index in [-0.39, 0.29) is 17.1 Å². The van der Waals surface area contributed by atoms with Crippen molar-refractivity contribution in [3.8, 4) is 6.07 Å². The van der Waals surface area contributed by atoms with Gasteiger partial charge in [-0.05, 0) is 30.2 Å². The van der Waals surface area contributed by atoms with Gasteiger partial charge in [0.25, 0.3) is 0 Å². The van der Waals surface area contributed by atoms with E-state index in [1.165, 1.54) is 17.1 Å². The summed E-state index contributed by atoms with van der Waals surface area (Å²) in [5.41, 5.74) is 3.10. The topological polar surface area (TPSA) is 102 Å². The molecule has 150 valence electrons. The first-order chi connectivity index (χ1) is 13.6. The fraction of sp³-hybridized carbons (Fsp3) is 0.238. The molecule has 0 aliphatic carbocycles. The molecule has 0 fully saturated rings. The molecule has 1 aliphatic rings. The van der Waals surface area contributed by atoms with Crippen LogP contribution >= 0.6 is 0 Å². The van der Waals surface area contributed by atoms with E-state index >= 15 is 0 Å². The molecule has 2 aromatic carbocycles. The van der Waals surface area contributed by atoms with Crippen LogP contribution in [0.2, 0.25) is 0 Å². The van der Waals surface area contributed by atoms with Crippen molar-refractivity contribution in [3.05, 3.63) is 70.9 Å². The lowest BCUT2D eigenvalue weighted by atomic mass is 9.92. The van der Waals surface area contributed by atoms with E-state index in [1.807, 2.05) is 37.3 Å². The number of aliphatic carboxylic acids is 1. The third kappa shape index (κ3) is 3.88. The van der Waals surface area contributed by atoms with Gasteiger partial charge < -0.3 is 5.11 Å². The van der Waals surface area contributed by atoms with Crippen molar-refractivity contribution >= 4 is 21.4 Å². The number of aryl methyl sites for hydroxylation is 1. The molecule has 0 saturated heterocycles. The second-order valence-electron chi connectivity index (χ2n) is 6.97. The van der Waals surface area contributed by atoms with Crippen molar-refractivity contribution in [2.75, 3.05) is 19.8 Å². The molecule has 1 atom stereocenters. The van der Waals surface area contributed by atoms with E-state index in [9.17, 15) is 23.6 Å². The maximum absolute atomic E-state index is 12.1. The van der Waals surface area contributed by atoms with Crippen molar-refractivity contribution in [2.24, 2.45) is 0 Å². The summed E-state index contributed by atoms with van der Waals surface area (Å²) >= 11 is 0. The van der Waals surface area contributed by atoms with Crippen LogP contribution in [0.15, 0.2) is 59.1 Å². The number of carboxylic acids is 1. The van der Waals surface area contributed by atoms with Gasteiger partial charge in [0.05, 0.1) is 17.0 Å². The Balaban J connectivity index is 2.21. The zero-order valence-corrected chi connectivity index (χ0v) is 17.1. The van der Waals surface area contributed by atoms with Crippen LogP contribution in [-0.4, -0.2) is 49.4 Å². The van der Waals surface area contributed by atoms with E-state index in [0.29, 0.717) is 5.57 Å². The van der Waals surface area contributed by atoms with E-state index in [2.05, 4.69) is 0 Å². The van der Waals surface area contributed by atoms with Crippen molar-refractivity contribution in [1.82, 2.24) is 10.0 Å². The van der Waals surface area contributed by atoms with Gasteiger partial charge in [0, 0.05) is 18.9 Å². The number of benzene rings is 2. The van der Waals surface area contributed by atoms with E-state index in [1.54, 1.807) is 24.2 Å². The minimum atomic E-state index is -3.34. The summed E-state index contributed by atoms with van der Waals surface area (Å²) in [5.74, 6) is -1.13. The average molecular weight is 411 g/mol. The lowest BCUT2D eigenvalue weighted by Crippen LogP contribution is -2.37. The molecule has 0 bridgehead atoms. The van der Waals surface area contributed by atoms with Crippen LogP contribution in [0.4, 0.5) is 0 Å². The number of sulfone groups is 1. The first-order valence-electron chi connectivity index (χ1n) is 8.87. The molecule has 1 N–H and O–H groups in total. The Morgan fingerprint density at radius 2 is 1.72 bits per heavy atom. The molecule has 1 aliphatic heterocycles. The van der Waals surface area contributed by atoms with Crippen LogP contribution in [0.25, 0.3) is 5.57 Å². The summed E-state index contributed by atoms with van der Waals surface area (Å²) in [7, 11) is -1.63. The van der Waals surface area contributed by atoms with Crippen LogP contribution in [0.5, 0.6) is 0 Å². The van der Waals surface area contributed by atoms with Gasteiger partial charge in [0.1, 0.15) is 12.2 Å². The van der Waals surface area contributed by atoms with Crippen molar-refractivity contribution in [1.29, 1.82) is 5.26 Å². The lowest BCUT2D eigenvalue weighted by Gasteiger charge is -2.30. The van der Waals surface area contributed by atoms with Crippen LogP contribution in [0.1, 0.15) is 22.7 Å².